The Kier molecular flexibility index (Phi) is 2.97. The fourth-order valence-electron chi connectivity index (χ4n) is 3.46. The van der Waals surface area contributed by atoms with Crippen molar-refractivity contribution < 1.29 is 0 Å². The lowest BCUT2D eigenvalue weighted by Gasteiger charge is -2.12. The van der Waals surface area contributed by atoms with Gasteiger partial charge < -0.3 is 5.32 Å². The van der Waals surface area contributed by atoms with Crippen molar-refractivity contribution in [3.63, 3.8) is 0 Å². The van der Waals surface area contributed by atoms with Crippen LogP contribution in [0.5, 0.6) is 0 Å². The van der Waals surface area contributed by atoms with Crippen molar-refractivity contribution in [1.29, 1.82) is 0 Å². The van der Waals surface area contributed by atoms with Crippen LogP contribution in [-0.2, 0) is 6.42 Å². The molecule has 0 bridgehead atoms. The average Bonchev–Trinajstić information content (AvgIpc) is 2.96. The van der Waals surface area contributed by atoms with E-state index < -0.39 is 0 Å². The molecule has 0 fully saturated rings. The minimum absolute atomic E-state index is 0.519. The second-order valence-corrected chi connectivity index (χ2v) is 5.70. The zero-order valence-electron chi connectivity index (χ0n) is 12.1. The SMILES string of the molecule is CNC1CCc2cc(-c3cccc4cnccc34)ccc21. The molecule has 3 aromatic rings. The van der Waals surface area contributed by atoms with Crippen molar-refractivity contribution in [2.24, 2.45) is 0 Å². The molecule has 0 saturated heterocycles. The van der Waals surface area contributed by atoms with Gasteiger partial charge in [0.25, 0.3) is 0 Å². The van der Waals surface area contributed by atoms with Gasteiger partial charge in [0.1, 0.15) is 0 Å². The van der Waals surface area contributed by atoms with Crippen LogP contribution in [0.25, 0.3) is 21.9 Å². The smallest absolute Gasteiger partial charge is 0.0346 e. The number of benzene rings is 2. The molecule has 2 heteroatoms. The highest BCUT2D eigenvalue weighted by atomic mass is 14.9. The van der Waals surface area contributed by atoms with E-state index in [4.69, 9.17) is 0 Å². The first-order valence-electron chi connectivity index (χ1n) is 7.50. The highest BCUT2D eigenvalue weighted by Gasteiger charge is 2.21. The van der Waals surface area contributed by atoms with Crippen molar-refractivity contribution >= 4 is 10.8 Å². The highest BCUT2D eigenvalue weighted by Crippen LogP contribution is 2.35. The summed E-state index contributed by atoms with van der Waals surface area (Å²) in [5, 5.41) is 5.87. The summed E-state index contributed by atoms with van der Waals surface area (Å²) in [6, 6.07) is 16.0. The molecule has 1 aliphatic rings. The average molecular weight is 274 g/mol. The summed E-state index contributed by atoms with van der Waals surface area (Å²) < 4.78 is 0. The Morgan fingerprint density at radius 3 is 3.00 bits per heavy atom. The molecule has 1 aliphatic carbocycles. The number of hydrogen-bond donors (Lipinski definition) is 1. The standard InChI is InChI=1S/C19H18N2/c1-20-19-8-6-14-11-13(5-7-18(14)19)16-4-2-3-15-12-21-10-9-17(15)16/h2-5,7,9-12,19-20H,6,8H2,1H3. The zero-order chi connectivity index (χ0) is 14.2. The maximum atomic E-state index is 4.22. The Hall–Kier alpha value is -2.19. The lowest BCUT2D eigenvalue weighted by atomic mass is 9.96. The number of aromatic nitrogens is 1. The summed E-state index contributed by atoms with van der Waals surface area (Å²) in [4.78, 5) is 4.22. The molecular weight excluding hydrogens is 256 g/mol. The predicted molar refractivity (Wildman–Crippen MR) is 87.3 cm³/mol. The second kappa shape index (κ2) is 4.97. The molecule has 1 heterocycles. The quantitative estimate of drug-likeness (QED) is 0.760. The Labute approximate surface area is 124 Å². The van der Waals surface area contributed by atoms with Crippen LogP contribution in [0.4, 0.5) is 0 Å². The van der Waals surface area contributed by atoms with Crippen molar-refractivity contribution in [1.82, 2.24) is 10.3 Å². The number of rotatable bonds is 2. The number of nitrogens with one attached hydrogen (secondary N) is 1. The summed E-state index contributed by atoms with van der Waals surface area (Å²) in [6.07, 6.45) is 6.18. The topological polar surface area (TPSA) is 24.9 Å². The molecule has 2 aromatic carbocycles. The van der Waals surface area contributed by atoms with Crippen LogP contribution in [0.2, 0.25) is 0 Å². The summed E-state index contributed by atoms with van der Waals surface area (Å²) >= 11 is 0. The van der Waals surface area contributed by atoms with E-state index in [0.717, 1.165) is 0 Å². The molecule has 0 spiro atoms. The van der Waals surface area contributed by atoms with Gasteiger partial charge in [0, 0.05) is 23.8 Å². The molecule has 104 valence electrons. The van der Waals surface area contributed by atoms with E-state index in [0.29, 0.717) is 6.04 Å². The fraction of sp³-hybridized carbons (Fsp3) is 0.211. The molecule has 0 amide bonds. The van der Waals surface area contributed by atoms with Crippen molar-refractivity contribution in [3.05, 3.63) is 66.0 Å². The number of hydrogen-bond acceptors (Lipinski definition) is 2. The van der Waals surface area contributed by atoms with Crippen molar-refractivity contribution in [2.75, 3.05) is 7.05 Å². The number of fused-ring (bicyclic) bond motifs is 2. The monoisotopic (exact) mass is 274 g/mol. The second-order valence-electron chi connectivity index (χ2n) is 5.70. The molecule has 0 saturated carbocycles. The highest BCUT2D eigenvalue weighted by molar-refractivity contribution is 5.96. The third kappa shape index (κ3) is 2.03. The van der Waals surface area contributed by atoms with Crippen LogP contribution >= 0.6 is 0 Å². The summed E-state index contributed by atoms with van der Waals surface area (Å²) in [7, 11) is 2.05. The number of aryl methyl sites for hydroxylation is 1. The minimum Gasteiger partial charge on any atom is -0.313 e. The first kappa shape index (κ1) is 12.5. The maximum absolute atomic E-state index is 4.22. The van der Waals surface area contributed by atoms with E-state index in [1.165, 1.54) is 45.9 Å². The summed E-state index contributed by atoms with van der Waals surface area (Å²) in [5.74, 6) is 0. The van der Waals surface area contributed by atoms with Gasteiger partial charge in [-0.15, -0.1) is 0 Å². The lowest BCUT2D eigenvalue weighted by Crippen LogP contribution is -2.12. The van der Waals surface area contributed by atoms with Crippen LogP contribution in [0.1, 0.15) is 23.6 Å². The molecule has 21 heavy (non-hydrogen) atoms. The van der Waals surface area contributed by atoms with Gasteiger partial charge >= 0.3 is 0 Å². The van der Waals surface area contributed by atoms with Crippen molar-refractivity contribution in [2.45, 2.75) is 18.9 Å². The van der Waals surface area contributed by atoms with Gasteiger partial charge in [-0.3, -0.25) is 4.98 Å². The molecule has 1 aromatic heterocycles. The molecular formula is C19H18N2. The Morgan fingerprint density at radius 1 is 1.14 bits per heavy atom. The van der Waals surface area contributed by atoms with Gasteiger partial charge in [0.05, 0.1) is 0 Å². The van der Waals surface area contributed by atoms with Gasteiger partial charge in [-0.05, 0) is 53.6 Å². The normalized spacial score (nSPS) is 17.1. The fourth-order valence-corrected chi connectivity index (χ4v) is 3.46. The molecule has 2 nitrogen and oxygen atoms in total. The van der Waals surface area contributed by atoms with Crippen LogP contribution < -0.4 is 5.32 Å². The third-order valence-corrected chi connectivity index (χ3v) is 4.56. The lowest BCUT2D eigenvalue weighted by molar-refractivity contribution is 0.590. The molecule has 0 radical (unpaired) electrons. The summed E-state index contributed by atoms with van der Waals surface area (Å²) in [6.45, 7) is 0. The number of pyridine rings is 1. The minimum atomic E-state index is 0.519. The first-order valence-corrected chi connectivity index (χ1v) is 7.50. The largest absolute Gasteiger partial charge is 0.313 e. The maximum Gasteiger partial charge on any atom is 0.0346 e. The predicted octanol–water partition coefficient (Wildman–Crippen LogP) is 4.11. The first-order chi connectivity index (χ1) is 10.4. The molecule has 4 rings (SSSR count). The Bertz CT molecular complexity index is 802. The molecule has 0 aliphatic heterocycles. The van der Waals surface area contributed by atoms with E-state index in [1.807, 2.05) is 19.4 Å². The Balaban J connectivity index is 1.87. The van der Waals surface area contributed by atoms with Gasteiger partial charge in [0.15, 0.2) is 0 Å². The zero-order valence-corrected chi connectivity index (χ0v) is 12.1. The molecule has 1 atom stereocenters. The third-order valence-electron chi connectivity index (χ3n) is 4.56. The molecule has 1 unspecified atom stereocenters. The van der Waals surface area contributed by atoms with Crippen LogP contribution in [0, 0.1) is 0 Å². The van der Waals surface area contributed by atoms with E-state index in [2.05, 4.69) is 52.8 Å². The summed E-state index contributed by atoms with van der Waals surface area (Å²) in [5.41, 5.74) is 5.55. The van der Waals surface area contributed by atoms with Gasteiger partial charge in [-0.1, -0.05) is 36.4 Å². The van der Waals surface area contributed by atoms with Gasteiger partial charge in [-0.25, -0.2) is 0 Å². The van der Waals surface area contributed by atoms with E-state index in [1.54, 1.807) is 0 Å². The van der Waals surface area contributed by atoms with Crippen LogP contribution in [-0.4, -0.2) is 12.0 Å². The van der Waals surface area contributed by atoms with E-state index in [9.17, 15) is 0 Å². The van der Waals surface area contributed by atoms with Crippen molar-refractivity contribution in [3.8, 4) is 11.1 Å². The van der Waals surface area contributed by atoms with Gasteiger partial charge in [0.2, 0.25) is 0 Å². The van der Waals surface area contributed by atoms with Gasteiger partial charge in [-0.2, -0.15) is 0 Å². The van der Waals surface area contributed by atoms with E-state index in [-0.39, 0.29) is 0 Å². The number of nitrogens with zero attached hydrogens (tertiary/aromatic N) is 1. The van der Waals surface area contributed by atoms with E-state index >= 15 is 0 Å². The van der Waals surface area contributed by atoms with Crippen LogP contribution in [0.3, 0.4) is 0 Å². The molecule has 1 N–H and O–H groups in total. The Morgan fingerprint density at radius 2 is 2.10 bits per heavy atom. The van der Waals surface area contributed by atoms with Crippen LogP contribution in [0.15, 0.2) is 54.9 Å².